The number of hydrogen-bond acceptors (Lipinski definition) is 5. The lowest BCUT2D eigenvalue weighted by molar-refractivity contribution is -0.113. The van der Waals surface area contributed by atoms with Gasteiger partial charge in [0.2, 0.25) is 5.91 Å². The summed E-state index contributed by atoms with van der Waals surface area (Å²) in [5.41, 5.74) is 2.85. The van der Waals surface area contributed by atoms with Crippen molar-refractivity contribution in [1.82, 2.24) is 9.97 Å². The fourth-order valence-corrected chi connectivity index (χ4v) is 4.85. The molecule has 0 saturated heterocycles. The molecule has 1 N–H and O–H groups in total. The Morgan fingerprint density at radius 1 is 1.14 bits per heavy atom. The van der Waals surface area contributed by atoms with Gasteiger partial charge in [-0.25, -0.2) is 9.97 Å². The van der Waals surface area contributed by atoms with Gasteiger partial charge >= 0.3 is 0 Å². The maximum Gasteiger partial charge on any atom is 0.234 e. The minimum atomic E-state index is -0.0827. The third-order valence-corrected chi connectivity index (χ3v) is 6.49. The van der Waals surface area contributed by atoms with E-state index < -0.39 is 0 Å². The second-order valence-electron chi connectivity index (χ2n) is 6.17. The number of halogens is 1. The van der Waals surface area contributed by atoms with E-state index in [9.17, 15) is 4.79 Å². The average Bonchev–Trinajstić information content (AvgIpc) is 3.14. The number of carbonyl (C=O) groups excluding carboxylic acids is 1. The summed E-state index contributed by atoms with van der Waals surface area (Å²) in [7, 11) is 0. The molecule has 28 heavy (non-hydrogen) atoms. The van der Waals surface area contributed by atoms with Gasteiger partial charge in [-0.05, 0) is 42.3 Å². The molecule has 2 aromatic heterocycles. The zero-order valence-corrected chi connectivity index (χ0v) is 17.4. The Hall–Kier alpha value is -2.41. The molecule has 0 spiro atoms. The number of nitrogens with one attached hydrogen (secondary N) is 1. The van der Waals surface area contributed by atoms with Crippen LogP contribution in [0.15, 0.2) is 66.0 Å². The molecule has 4 rings (SSSR count). The molecule has 0 fully saturated rings. The molecule has 0 saturated carbocycles. The van der Waals surface area contributed by atoms with Crippen molar-refractivity contribution in [3.63, 3.8) is 0 Å². The molecule has 0 aliphatic heterocycles. The molecule has 0 atom stereocenters. The fourth-order valence-electron chi connectivity index (χ4n) is 2.78. The molecule has 2 aromatic carbocycles. The van der Waals surface area contributed by atoms with Crippen LogP contribution in [-0.2, 0) is 4.79 Å². The van der Waals surface area contributed by atoms with Crippen LogP contribution in [0.1, 0.15) is 5.56 Å². The summed E-state index contributed by atoms with van der Waals surface area (Å²) in [5, 5.41) is 5.37. The van der Waals surface area contributed by atoms with Crippen molar-refractivity contribution < 1.29 is 4.79 Å². The van der Waals surface area contributed by atoms with Gasteiger partial charge in [0.1, 0.15) is 16.2 Å². The number of thioether (sulfide) groups is 1. The van der Waals surface area contributed by atoms with Gasteiger partial charge in [0.15, 0.2) is 0 Å². The van der Waals surface area contributed by atoms with Gasteiger partial charge in [0, 0.05) is 21.0 Å². The van der Waals surface area contributed by atoms with Crippen molar-refractivity contribution in [3.05, 3.63) is 71.5 Å². The van der Waals surface area contributed by atoms with Crippen LogP contribution >= 0.6 is 34.7 Å². The number of nitrogens with zero attached hydrogens (tertiary/aromatic N) is 2. The first-order chi connectivity index (χ1) is 13.6. The molecule has 7 heteroatoms. The zero-order valence-electron chi connectivity index (χ0n) is 15.0. The number of carbonyl (C=O) groups is 1. The smallest absolute Gasteiger partial charge is 0.234 e. The van der Waals surface area contributed by atoms with Gasteiger partial charge in [0.25, 0.3) is 0 Å². The van der Waals surface area contributed by atoms with E-state index in [1.165, 1.54) is 11.8 Å². The van der Waals surface area contributed by atoms with Crippen molar-refractivity contribution in [3.8, 4) is 10.4 Å². The molecule has 0 unspecified atom stereocenters. The lowest BCUT2D eigenvalue weighted by Gasteiger charge is -2.08. The van der Waals surface area contributed by atoms with Gasteiger partial charge in [-0.1, -0.05) is 53.7 Å². The second kappa shape index (κ2) is 8.31. The summed E-state index contributed by atoms with van der Waals surface area (Å²) in [6, 6.07) is 17.7. The number of anilines is 1. The van der Waals surface area contributed by atoms with Crippen LogP contribution in [0, 0.1) is 6.92 Å². The lowest BCUT2D eigenvalue weighted by Crippen LogP contribution is -2.14. The van der Waals surface area contributed by atoms with Gasteiger partial charge in [0.05, 0.1) is 5.75 Å². The van der Waals surface area contributed by atoms with Gasteiger partial charge in [-0.15, -0.1) is 11.3 Å². The normalized spacial score (nSPS) is 10.9. The van der Waals surface area contributed by atoms with Crippen LogP contribution in [0.25, 0.3) is 20.7 Å². The molecular weight excluding hydrogens is 410 g/mol. The van der Waals surface area contributed by atoms with Crippen molar-refractivity contribution in [2.45, 2.75) is 11.9 Å². The standard InChI is InChI=1S/C21H16ClN3OS2/c1-13-9-15(22)7-8-17(13)25-19(26)11-27-20-16-10-18(14-5-3-2-4-6-14)28-21(16)24-12-23-20/h2-10,12H,11H2,1H3,(H,25,26). The number of amides is 1. The zero-order chi connectivity index (χ0) is 19.5. The number of rotatable bonds is 5. The molecule has 4 aromatic rings. The molecule has 0 radical (unpaired) electrons. The van der Waals surface area contributed by atoms with E-state index in [4.69, 9.17) is 11.6 Å². The third kappa shape index (κ3) is 4.19. The van der Waals surface area contributed by atoms with Crippen molar-refractivity contribution in [2.24, 2.45) is 0 Å². The molecule has 0 bridgehead atoms. The number of aromatic nitrogens is 2. The topological polar surface area (TPSA) is 54.9 Å². The highest BCUT2D eigenvalue weighted by Crippen LogP contribution is 2.36. The predicted octanol–water partition coefficient (Wildman–Crippen LogP) is 6.05. The number of thiophene rings is 1. The minimum absolute atomic E-state index is 0.0827. The van der Waals surface area contributed by atoms with Crippen LogP contribution in [0.2, 0.25) is 5.02 Å². The van der Waals surface area contributed by atoms with Crippen LogP contribution in [0.3, 0.4) is 0 Å². The van der Waals surface area contributed by atoms with Crippen LogP contribution < -0.4 is 5.32 Å². The second-order valence-corrected chi connectivity index (χ2v) is 8.60. The van der Waals surface area contributed by atoms with Crippen LogP contribution in [0.5, 0.6) is 0 Å². The van der Waals surface area contributed by atoms with Gasteiger partial charge in [-0.3, -0.25) is 4.79 Å². The monoisotopic (exact) mass is 425 g/mol. The first-order valence-electron chi connectivity index (χ1n) is 8.59. The van der Waals surface area contributed by atoms with Crippen LogP contribution in [0.4, 0.5) is 5.69 Å². The van der Waals surface area contributed by atoms with Crippen molar-refractivity contribution >= 4 is 56.5 Å². The Morgan fingerprint density at radius 2 is 1.96 bits per heavy atom. The Kier molecular flexibility index (Phi) is 5.62. The number of benzene rings is 2. The lowest BCUT2D eigenvalue weighted by atomic mass is 10.2. The summed E-state index contributed by atoms with van der Waals surface area (Å²) in [4.78, 5) is 23.2. The SMILES string of the molecule is Cc1cc(Cl)ccc1NC(=O)CSc1ncnc2sc(-c3ccccc3)cc12. The largest absolute Gasteiger partial charge is 0.325 e. The predicted molar refractivity (Wildman–Crippen MR) is 118 cm³/mol. The van der Waals surface area contributed by atoms with E-state index in [-0.39, 0.29) is 11.7 Å². The Balaban J connectivity index is 1.50. The highest BCUT2D eigenvalue weighted by atomic mass is 35.5. The van der Waals surface area contributed by atoms with Crippen LogP contribution in [-0.4, -0.2) is 21.6 Å². The first-order valence-corrected chi connectivity index (χ1v) is 10.8. The third-order valence-electron chi connectivity index (χ3n) is 4.15. The van der Waals surface area contributed by atoms with E-state index in [1.807, 2.05) is 37.3 Å². The maximum atomic E-state index is 12.4. The Labute approximate surface area is 176 Å². The quantitative estimate of drug-likeness (QED) is 0.312. The summed E-state index contributed by atoms with van der Waals surface area (Å²) >= 11 is 9.01. The number of hydrogen-bond donors (Lipinski definition) is 1. The Morgan fingerprint density at radius 3 is 2.75 bits per heavy atom. The summed E-state index contributed by atoms with van der Waals surface area (Å²) in [5.74, 6) is 0.186. The summed E-state index contributed by atoms with van der Waals surface area (Å²) < 4.78 is 0. The molecule has 0 aliphatic rings. The highest BCUT2D eigenvalue weighted by molar-refractivity contribution is 8.00. The molecular formula is C21H16ClN3OS2. The average molecular weight is 426 g/mol. The van der Waals surface area contributed by atoms with E-state index in [0.717, 1.165) is 36.9 Å². The van der Waals surface area contributed by atoms with Crippen molar-refractivity contribution in [1.29, 1.82) is 0 Å². The molecule has 4 nitrogen and oxygen atoms in total. The molecule has 1 amide bonds. The number of aryl methyl sites for hydroxylation is 1. The number of fused-ring (bicyclic) bond motifs is 1. The summed E-state index contributed by atoms with van der Waals surface area (Å²) in [6.45, 7) is 1.92. The van der Waals surface area contributed by atoms with E-state index in [1.54, 1.807) is 23.7 Å². The van der Waals surface area contributed by atoms with E-state index in [0.29, 0.717) is 5.02 Å². The molecule has 2 heterocycles. The fraction of sp³-hybridized carbons (Fsp3) is 0.0952. The van der Waals surface area contributed by atoms with Crippen molar-refractivity contribution in [2.75, 3.05) is 11.1 Å². The molecule has 140 valence electrons. The first kappa shape index (κ1) is 18.9. The van der Waals surface area contributed by atoms with Gasteiger partial charge in [-0.2, -0.15) is 0 Å². The van der Waals surface area contributed by atoms with E-state index >= 15 is 0 Å². The Bertz CT molecular complexity index is 1150. The van der Waals surface area contributed by atoms with Gasteiger partial charge < -0.3 is 5.32 Å². The maximum absolute atomic E-state index is 12.4. The summed E-state index contributed by atoms with van der Waals surface area (Å²) in [6.07, 6.45) is 1.55. The minimum Gasteiger partial charge on any atom is -0.325 e. The molecule has 0 aliphatic carbocycles. The van der Waals surface area contributed by atoms with E-state index in [2.05, 4.69) is 33.5 Å². The highest BCUT2D eigenvalue weighted by Gasteiger charge is 2.13.